The molecule has 0 amide bonds. The normalized spacial score (nSPS) is 10.4. The lowest BCUT2D eigenvalue weighted by Crippen LogP contribution is -2.08. The molecule has 0 aliphatic rings. The second-order valence-corrected chi connectivity index (χ2v) is 3.88. The van der Waals surface area contributed by atoms with Gasteiger partial charge in [0.2, 0.25) is 0 Å². The van der Waals surface area contributed by atoms with Crippen LogP contribution < -0.4 is 15.2 Å². The summed E-state index contributed by atoms with van der Waals surface area (Å²) in [6.07, 6.45) is 1.02. The molecule has 102 valence electrons. The Labute approximate surface area is 109 Å². The number of hydrogen-bond acceptors (Lipinski definition) is 4. The van der Waals surface area contributed by atoms with Crippen LogP contribution in [0.2, 0.25) is 0 Å². The maximum Gasteiger partial charge on any atom is 0.161 e. The Morgan fingerprint density at radius 3 is 2.50 bits per heavy atom. The van der Waals surface area contributed by atoms with Gasteiger partial charge in [-0.15, -0.1) is 0 Å². The maximum absolute atomic E-state index is 5.64. The van der Waals surface area contributed by atoms with E-state index in [4.69, 9.17) is 19.9 Å². The van der Waals surface area contributed by atoms with Crippen LogP contribution in [0.3, 0.4) is 0 Å². The van der Waals surface area contributed by atoms with Gasteiger partial charge in [0.05, 0.1) is 13.2 Å². The average molecular weight is 253 g/mol. The molecule has 2 N–H and O–H groups in total. The number of nitrogens with two attached hydrogens (primary N) is 1. The zero-order valence-electron chi connectivity index (χ0n) is 11.3. The third-order valence-electron chi connectivity index (χ3n) is 2.38. The SMILES string of the molecule is CCCOCCOc1ccc(CN)cc1OCC. The zero-order chi connectivity index (χ0) is 13.2. The fourth-order valence-corrected chi connectivity index (χ4v) is 1.52. The summed E-state index contributed by atoms with van der Waals surface area (Å²) in [6, 6.07) is 5.77. The first-order chi connectivity index (χ1) is 8.81. The van der Waals surface area contributed by atoms with Gasteiger partial charge >= 0.3 is 0 Å². The van der Waals surface area contributed by atoms with Crippen LogP contribution in [0.5, 0.6) is 11.5 Å². The van der Waals surface area contributed by atoms with Gasteiger partial charge in [-0.2, -0.15) is 0 Å². The highest BCUT2D eigenvalue weighted by atomic mass is 16.5. The molecule has 0 saturated carbocycles. The fraction of sp³-hybridized carbons (Fsp3) is 0.571. The molecular formula is C14H23NO3. The Balaban J connectivity index is 2.52. The van der Waals surface area contributed by atoms with Crippen LogP contribution in [0.25, 0.3) is 0 Å². The lowest BCUT2D eigenvalue weighted by Gasteiger charge is -2.13. The van der Waals surface area contributed by atoms with E-state index in [2.05, 4.69) is 6.92 Å². The van der Waals surface area contributed by atoms with E-state index in [0.717, 1.165) is 30.1 Å². The van der Waals surface area contributed by atoms with Crippen molar-refractivity contribution in [1.82, 2.24) is 0 Å². The Kier molecular flexibility index (Phi) is 7.22. The summed E-state index contributed by atoms with van der Waals surface area (Å²) in [5.74, 6) is 1.49. The molecule has 0 aliphatic carbocycles. The molecule has 0 spiro atoms. The Hall–Kier alpha value is -1.26. The predicted molar refractivity (Wildman–Crippen MR) is 72.1 cm³/mol. The molecule has 0 bridgehead atoms. The Morgan fingerprint density at radius 1 is 1.00 bits per heavy atom. The van der Waals surface area contributed by atoms with Crippen molar-refractivity contribution in [3.05, 3.63) is 23.8 Å². The average Bonchev–Trinajstić information content (AvgIpc) is 2.40. The van der Waals surface area contributed by atoms with E-state index in [9.17, 15) is 0 Å². The van der Waals surface area contributed by atoms with Crippen LogP contribution >= 0.6 is 0 Å². The second-order valence-electron chi connectivity index (χ2n) is 3.88. The molecule has 1 rings (SSSR count). The Bertz CT molecular complexity index is 342. The monoisotopic (exact) mass is 253 g/mol. The van der Waals surface area contributed by atoms with Crippen LogP contribution in [0.4, 0.5) is 0 Å². The number of ether oxygens (including phenoxy) is 3. The summed E-state index contributed by atoms with van der Waals surface area (Å²) in [6.45, 7) is 7.04. The minimum atomic E-state index is 0.500. The highest BCUT2D eigenvalue weighted by molar-refractivity contribution is 5.43. The molecule has 0 heterocycles. The smallest absolute Gasteiger partial charge is 0.161 e. The number of benzene rings is 1. The van der Waals surface area contributed by atoms with Crippen molar-refractivity contribution in [1.29, 1.82) is 0 Å². The summed E-state index contributed by atoms with van der Waals surface area (Å²) in [4.78, 5) is 0. The quantitative estimate of drug-likeness (QED) is 0.686. The summed E-state index contributed by atoms with van der Waals surface area (Å²) in [7, 11) is 0. The summed E-state index contributed by atoms with van der Waals surface area (Å²) < 4.78 is 16.5. The minimum absolute atomic E-state index is 0.500. The summed E-state index contributed by atoms with van der Waals surface area (Å²) in [5, 5.41) is 0. The topological polar surface area (TPSA) is 53.7 Å². The first-order valence-electron chi connectivity index (χ1n) is 6.48. The van der Waals surface area contributed by atoms with E-state index < -0.39 is 0 Å². The largest absolute Gasteiger partial charge is 0.490 e. The first kappa shape index (κ1) is 14.8. The number of hydrogen-bond donors (Lipinski definition) is 1. The molecule has 0 saturated heterocycles. The third kappa shape index (κ3) is 4.94. The molecule has 0 atom stereocenters. The molecule has 0 radical (unpaired) electrons. The first-order valence-corrected chi connectivity index (χ1v) is 6.48. The maximum atomic E-state index is 5.64. The summed E-state index contributed by atoms with van der Waals surface area (Å²) >= 11 is 0. The van der Waals surface area contributed by atoms with E-state index in [1.54, 1.807) is 0 Å². The summed E-state index contributed by atoms with van der Waals surface area (Å²) in [5.41, 5.74) is 6.64. The van der Waals surface area contributed by atoms with E-state index in [1.807, 2.05) is 25.1 Å². The lowest BCUT2D eigenvalue weighted by molar-refractivity contribution is 0.0992. The Morgan fingerprint density at radius 2 is 1.83 bits per heavy atom. The fourth-order valence-electron chi connectivity index (χ4n) is 1.52. The lowest BCUT2D eigenvalue weighted by atomic mass is 10.2. The molecule has 0 aromatic heterocycles. The van der Waals surface area contributed by atoms with Crippen molar-refractivity contribution in [3.63, 3.8) is 0 Å². The van der Waals surface area contributed by atoms with Crippen LogP contribution in [0.15, 0.2) is 18.2 Å². The molecule has 18 heavy (non-hydrogen) atoms. The van der Waals surface area contributed by atoms with Gasteiger partial charge < -0.3 is 19.9 Å². The number of rotatable bonds is 9. The van der Waals surface area contributed by atoms with Crippen LogP contribution in [0.1, 0.15) is 25.8 Å². The second kappa shape index (κ2) is 8.78. The van der Waals surface area contributed by atoms with Crippen LogP contribution in [-0.2, 0) is 11.3 Å². The highest BCUT2D eigenvalue weighted by Gasteiger charge is 2.05. The molecule has 1 aromatic rings. The molecule has 0 fully saturated rings. The zero-order valence-corrected chi connectivity index (χ0v) is 11.3. The van der Waals surface area contributed by atoms with Gasteiger partial charge in [0.15, 0.2) is 11.5 Å². The van der Waals surface area contributed by atoms with Gasteiger partial charge in [0.1, 0.15) is 6.61 Å². The molecule has 4 nitrogen and oxygen atoms in total. The third-order valence-corrected chi connectivity index (χ3v) is 2.38. The van der Waals surface area contributed by atoms with Gasteiger partial charge in [-0.25, -0.2) is 0 Å². The van der Waals surface area contributed by atoms with Crippen molar-refractivity contribution in [2.75, 3.05) is 26.4 Å². The van der Waals surface area contributed by atoms with Crippen molar-refractivity contribution < 1.29 is 14.2 Å². The van der Waals surface area contributed by atoms with Crippen LogP contribution in [0, 0.1) is 0 Å². The predicted octanol–water partition coefficient (Wildman–Crippen LogP) is 2.35. The van der Waals surface area contributed by atoms with Gasteiger partial charge in [-0.3, -0.25) is 0 Å². The van der Waals surface area contributed by atoms with Gasteiger partial charge in [0, 0.05) is 13.2 Å². The van der Waals surface area contributed by atoms with E-state index in [1.165, 1.54) is 0 Å². The van der Waals surface area contributed by atoms with Gasteiger partial charge in [-0.1, -0.05) is 13.0 Å². The van der Waals surface area contributed by atoms with Crippen LogP contribution in [-0.4, -0.2) is 26.4 Å². The highest BCUT2D eigenvalue weighted by Crippen LogP contribution is 2.28. The van der Waals surface area contributed by atoms with Crippen molar-refractivity contribution in [2.24, 2.45) is 5.73 Å². The van der Waals surface area contributed by atoms with E-state index >= 15 is 0 Å². The van der Waals surface area contributed by atoms with Gasteiger partial charge in [0.25, 0.3) is 0 Å². The standard InChI is InChI=1S/C14H23NO3/c1-3-7-16-8-9-18-13-6-5-12(11-15)10-14(13)17-4-2/h5-6,10H,3-4,7-9,11,15H2,1-2H3. The van der Waals surface area contributed by atoms with Crippen molar-refractivity contribution in [2.45, 2.75) is 26.8 Å². The van der Waals surface area contributed by atoms with E-state index in [0.29, 0.717) is 26.4 Å². The van der Waals surface area contributed by atoms with Crippen molar-refractivity contribution >= 4 is 0 Å². The van der Waals surface area contributed by atoms with Gasteiger partial charge in [-0.05, 0) is 31.0 Å². The molecule has 4 heteroatoms. The minimum Gasteiger partial charge on any atom is -0.490 e. The molecular weight excluding hydrogens is 230 g/mol. The van der Waals surface area contributed by atoms with E-state index in [-0.39, 0.29) is 0 Å². The molecule has 0 aliphatic heterocycles. The van der Waals surface area contributed by atoms with Crippen molar-refractivity contribution in [3.8, 4) is 11.5 Å². The molecule has 0 unspecified atom stereocenters. The molecule has 1 aromatic carbocycles.